The highest BCUT2D eigenvalue weighted by molar-refractivity contribution is 6.04. The van der Waals surface area contributed by atoms with Crippen LogP contribution in [-0.4, -0.2) is 29.1 Å². The Hall–Kier alpha value is -1.72. The number of aromatic amines is 1. The molecule has 138 valence electrons. The smallest absolute Gasteiger partial charge is 0.268 e. The van der Waals surface area contributed by atoms with Crippen LogP contribution in [0, 0.1) is 18.3 Å². The van der Waals surface area contributed by atoms with Gasteiger partial charge in [-0.05, 0) is 43.1 Å². The molecule has 0 saturated heterocycles. The average Bonchev–Trinajstić information content (AvgIpc) is 2.79. The fourth-order valence-corrected chi connectivity index (χ4v) is 4.24. The van der Waals surface area contributed by atoms with E-state index in [1.165, 1.54) is 0 Å². The molecule has 4 nitrogen and oxygen atoms in total. The largest absolute Gasteiger partial charge is 0.354 e. The Morgan fingerprint density at radius 2 is 2.04 bits per heavy atom. The summed E-state index contributed by atoms with van der Waals surface area (Å²) in [5.41, 5.74) is 2.38. The number of rotatable bonds is 3. The van der Waals surface area contributed by atoms with E-state index in [1.807, 2.05) is 13.8 Å². The Bertz CT molecular complexity index is 707. The number of H-pyrrole nitrogens is 1. The maximum absolute atomic E-state index is 13.5. The van der Waals surface area contributed by atoms with Crippen molar-refractivity contribution >= 4 is 11.7 Å². The van der Waals surface area contributed by atoms with Crippen molar-refractivity contribution in [3.63, 3.8) is 0 Å². The van der Waals surface area contributed by atoms with Crippen LogP contribution in [0.1, 0.15) is 78.1 Å². The minimum absolute atomic E-state index is 0.0577. The third-order valence-electron chi connectivity index (χ3n) is 5.42. The second-order valence-electron chi connectivity index (χ2n) is 8.45. The number of hydrogen-bond acceptors (Lipinski definition) is 2. The predicted octanol–water partition coefficient (Wildman–Crippen LogP) is 4.03. The number of ketones is 1. The highest BCUT2D eigenvalue weighted by Gasteiger charge is 2.37. The lowest BCUT2D eigenvalue weighted by Gasteiger charge is -2.28. The topological polar surface area (TPSA) is 62.0 Å². The molecule has 0 unspecified atom stereocenters. The van der Waals surface area contributed by atoms with Crippen molar-refractivity contribution < 1.29 is 18.4 Å². The number of hydrogen-bond donors (Lipinski definition) is 2. The van der Waals surface area contributed by atoms with Crippen molar-refractivity contribution in [2.24, 2.45) is 11.3 Å². The Morgan fingerprint density at radius 1 is 1.32 bits per heavy atom. The van der Waals surface area contributed by atoms with Crippen LogP contribution >= 0.6 is 0 Å². The molecule has 0 radical (unpaired) electrons. The molecule has 1 aromatic rings. The summed E-state index contributed by atoms with van der Waals surface area (Å²) < 4.78 is 27.0. The number of alkyl halides is 2. The zero-order chi connectivity index (χ0) is 18.4. The van der Waals surface area contributed by atoms with Crippen LogP contribution in [0.4, 0.5) is 8.78 Å². The van der Waals surface area contributed by atoms with Gasteiger partial charge in [-0.25, -0.2) is 8.78 Å². The molecule has 0 aliphatic heterocycles. The normalized spacial score (nSPS) is 24.7. The molecule has 1 aromatic heterocycles. The first kappa shape index (κ1) is 18.1. The Kier molecular flexibility index (Phi) is 4.50. The first-order valence-corrected chi connectivity index (χ1v) is 8.99. The Labute approximate surface area is 146 Å². The van der Waals surface area contributed by atoms with Gasteiger partial charge in [0.2, 0.25) is 5.92 Å². The lowest BCUT2D eigenvalue weighted by molar-refractivity contribution is -0.0518. The molecule has 1 heterocycles. The van der Waals surface area contributed by atoms with Crippen molar-refractivity contribution in [1.82, 2.24) is 10.3 Å². The van der Waals surface area contributed by atoms with E-state index in [0.29, 0.717) is 36.1 Å². The minimum Gasteiger partial charge on any atom is -0.354 e. The highest BCUT2D eigenvalue weighted by atomic mass is 19.3. The zero-order valence-electron chi connectivity index (χ0n) is 15.1. The van der Waals surface area contributed by atoms with Crippen LogP contribution in [0.25, 0.3) is 0 Å². The van der Waals surface area contributed by atoms with Gasteiger partial charge in [0.1, 0.15) is 5.69 Å². The third kappa shape index (κ3) is 3.77. The number of carbonyl (C=O) groups excluding carboxylic acids is 2. The lowest BCUT2D eigenvalue weighted by Crippen LogP contribution is -2.35. The van der Waals surface area contributed by atoms with Crippen LogP contribution in [-0.2, 0) is 6.42 Å². The van der Waals surface area contributed by atoms with Crippen molar-refractivity contribution in [2.45, 2.75) is 65.2 Å². The van der Waals surface area contributed by atoms with E-state index >= 15 is 0 Å². The van der Waals surface area contributed by atoms with E-state index in [1.54, 1.807) is 6.92 Å². The molecule has 2 aliphatic rings. The summed E-state index contributed by atoms with van der Waals surface area (Å²) in [6, 6.07) is 0. The number of halogens is 2. The number of fused-ring (bicyclic) bond motifs is 1. The first-order valence-electron chi connectivity index (χ1n) is 8.99. The molecule has 0 spiro atoms. The van der Waals surface area contributed by atoms with Gasteiger partial charge in [0.15, 0.2) is 5.78 Å². The third-order valence-corrected chi connectivity index (χ3v) is 5.42. The van der Waals surface area contributed by atoms with Gasteiger partial charge in [-0.1, -0.05) is 13.8 Å². The van der Waals surface area contributed by atoms with Crippen molar-refractivity contribution in [3.05, 3.63) is 22.5 Å². The molecule has 2 aliphatic carbocycles. The van der Waals surface area contributed by atoms with Gasteiger partial charge in [-0.15, -0.1) is 0 Å². The standard InChI is InChI=1S/C19H26F2N2O2/c1-11-15-13(8-18(2,3)9-14(15)24)23-16(11)17(25)22-10-12-5-4-6-19(20,21)7-12/h12,23H,4-10H2,1-3H3,(H,22,25)/t12-/m1/s1. The zero-order valence-corrected chi connectivity index (χ0v) is 15.1. The fourth-order valence-electron chi connectivity index (χ4n) is 4.24. The molecule has 25 heavy (non-hydrogen) atoms. The Morgan fingerprint density at radius 3 is 2.72 bits per heavy atom. The summed E-state index contributed by atoms with van der Waals surface area (Å²) in [5.74, 6) is -3.07. The van der Waals surface area contributed by atoms with Crippen LogP contribution in [0.3, 0.4) is 0 Å². The molecule has 1 atom stereocenters. The fraction of sp³-hybridized carbons (Fsp3) is 0.684. The maximum Gasteiger partial charge on any atom is 0.268 e. The summed E-state index contributed by atoms with van der Waals surface area (Å²) in [6.07, 6.45) is 2.17. The number of aromatic nitrogens is 1. The number of nitrogens with one attached hydrogen (secondary N) is 2. The second kappa shape index (κ2) is 6.22. The van der Waals surface area contributed by atoms with Gasteiger partial charge < -0.3 is 10.3 Å². The summed E-state index contributed by atoms with van der Waals surface area (Å²) in [7, 11) is 0. The SMILES string of the molecule is Cc1c(C(=O)NC[C@@H]2CCCC(F)(F)C2)[nH]c2c1C(=O)CC(C)(C)C2. The van der Waals surface area contributed by atoms with Gasteiger partial charge in [-0.2, -0.15) is 0 Å². The molecule has 1 fully saturated rings. The molecule has 1 saturated carbocycles. The second-order valence-corrected chi connectivity index (χ2v) is 8.45. The molecule has 0 bridgehead atoms. The molecule has 6 heteroatoms. The molecule has 1 amide bonds. The summed E-state index contributed by atoms with van der Waals surface area (Å²) in [6.45, 7) is 6.09. The van der Waals surface area contributed by atoms with Crippen LogP contribution in [0.2, 0.25) is 0 Å². The van der Waals surface area contributed by atoms with E-state index < -0.39 is 5.92 Å². The van der Waals surface area contributed by atoms with Crippen molar-refractivity contribution in [3.8, 4) is 0 Å². The van der Waals surface area contributed by atoms with E-state index in [4.69, 9.17) is 0 Å². The quantitative estimate of drug-likeness (QED) is 0.863. The van der Waals surface area contributed by atoms with Crippen molar-refractivity contribution in [2.75, 3.05) is 6.54 Å². The van der Waals surface area contributed by atoms with Crippen LogP contribution in [0.15, 0.2) is 0 Å². The molecular weight excluding hydrogens is 326 g/mol. The predicted molar refractivity (Wildman–Crippen MR) is 91.2 cm³/mol. The number of Topliss-reactive ketones (excluding diaryl/α,β-unsaturated/α-hetero) is 1. The minimum atomic E-state index is -2.62. The monoisotopic (exact) mass is 352 g/mol. The number of amides is 1. The summed E-state index contributed by atoms with van der Waals surface area (Å²) in [5, 5.41) is 2.78. The molecular formula is C19H26F2N2O2. The molecule has 0 aromatic carbocycles. The lowest BCUT2D eigenvalue weighted by atomic mass is 9.75. The molecule has 3 rings (SSSR count). The molecule has 2 N–H and O–H groups in total. The van der Waals surface area contributed by atoms with E-state index in [9.17, 15) is 18.4 Å². The highest BCUT2D eigenvalue weighted by Crippen LogP contribution is 2.37. The van der Waals surface area contributed by atoms with E-state index in [0.717, 1.165) is 12.1 Å². The van der Waals surface area contributed by atoms with Gasteiger partial charge in [0.05, 0.1) is 0 Å². The van der Waals surface area contributed by atoms with Gasteiger partial charge >= 0.3 is 0 Å². The average molecular weight is 352 g/mol. The first-order chi connectivity index (χ1) is 11.6. The van der Waals surface area contributed by atoms with E-state index in [-0.39, 0.29) is 42.4 Å². The van der Waals surface area contributed by atoms with E-state index in [2.05, 4.69) is 10.3 Å². The summed E-state index contributed by atoms with van der Waals surface area (Å²) in [4.78, 5) is 28.0. The van der Waals surface area contributed by atoms with Gasteiger partial charge in [-0.3, -0.25) is 9.59 Å². The maximum atomic E-state index is 13.5. The number of carbonyl (C=O) groups is 2. The van der Waals surface area contributed by atoms with Gasteiger partial charge in [0.25, 0.3) is 5.91 Å². The van der Waals surface area contributed by atoms with Crippen LogP contribution < -0.4 is 5.32 Å². The van der Waals surface area contributed by atoms with Gasteiger partial charge in [0, 0.05) is 37.1 Å². The summed E-state index contributed by atoms with van der Waals surface area (Å²) >= 11 is 0. The Balaban J connectivity index is 1.70. The van der Waals surface area contributed by atoms with Crippen LogP contribution in [0.5, 0.6) is 0 Å². The van der Waals surface area contributed by atoms with Crippen molar-refractivity contribution in [1.29, 1.82) is 0 Å².